The molecule has 0 saturated heterocycles. The van der Waals surface area contributed by atoms with Crippen LogP contribution in [0.2, 0.25) is 0 Å². The summed E-state index contributed by atoms with van der Waals surface area (Å²) in [5.74, 6) is -10.0. The fraction of sp³-hybridized carbons (Fsp3) is 0.167. The lowest BCUT2D eigenvalue weighted by Gasteiger charge is -2.10. The second-order valence-corrected chi connectivity index (χ2v) is 7.63. The van der Waals surface area contributed by atoms with E-state index in [1.165, 1.54) is 0 Å². The summed E-state index contributed by atoms with van der Waals surface area (Å²) in [6.07, 6.45) is 0. The van der Waals surface area contributed by atoms with Gasteiger partial charge in [0.2, 0.25) is 5.82 Å². The fourth-order valence-electron chi connectivity index (χ4n) is 2.55. The minimum Gasteiger partial charge on any atom is -0.367 e. The molecule has 1 aromatic heterocycles. The lowest BCUT2D eigenvalue weighted by molar-refractivity contribution is 0.372. The van der Waals surface area contributed by atoms with E-state index in [4.69, 9.17) is 12.2 Å². The van der Waals surface area contributed by atoms with Crippen LogP contribution in [-0.4, -0.2) is 14.3 Å². The number of nitrogens with zero attached hydrogens (tertiary/aromatic N) is 1. The number of nitrogens with one attached hydrogen (secondary N) is 2. The number of halogens is 5. The van der Waals surface area contributed by atoms with Gasteiger partial charge in [0.15, 0.2) is 23.3 Å². The summed E-state index contributed by atoms with van der Waals surface area (Å²) in [6.45, 7) is 1.85. The van der Waals surface area contributed by atoms with Gasteiger partial charge in [0.1, 0.15) is 10.1 Å². The summed E-state index contributed by atoms with van der Waals surface area (Å²) < 4.78 is 67.0. The molecule has 11 heteroatoms. The number of thioether (sulfide) groups is 1. The summed E-state index contributed by atoms with van der Waals surface area (Å²) in [6, 6.07) is 5.00. The number of H-pyrrole nitrogens is 1. The van der Waals surface area contributed by atoms with Gasteiger partial charge in [-0.25, -0.2) is 26.9 Å². The number of aromatic amines is 1. The summed E-state index contributed by atoms with van der Waals surface area (Å²) in [7, 11) is 0. The summed E-state index contributed by atoms with van der Waals surface area (Å²) >= 11 is 5.75. The largest absolute Gasteiger partial charge is 0.367 e. The van der Waals surface area contributed by atoms with Gasteiger partial charge in [-0.15, -0.1) is 0 Å². The first-order valence-corrected chi connectivity index (χ1v) is 9.49. The Balaban J connectivity index is 1.67. The van der Waals surface area contributed by atoms with Gasteiger partial charge in [-0.3, -0.25) is 4.79 Å². The Morgan fingerprint density at radius 3 is 2.38 bits per heavy atom. The van der Waals surface area contributed by atoms with Crippen LogP contribution in [0.25, 0.3) is 10.9 Å². The lowest BCUT2D eigenvalue weighted by Crippen LogP contribution is -2.19. The molecule has 0 spiro atoms. The maximum atomic E-state index is 13.7. The standard InChI is InChI=1S/C18H12F5N3OS2/c1-7-25-11-3-2-8(4-9(11)17(27)26-7)5-24-18(28)29-6-10-12(19)14(21)16(23)15(22)13(10)20/h2-4H,5-6H2,1H3,(H,24,28)(H,25,26,27). The predicted octanol–water partition coefficient (Wildman–Crippen LogP) is 4.23. The van der Waals surface area contributed by atoms with Gasteiger partial charge in [0.25, 0.3) is 5.56 Å². The fourth-order valence-corrected chi connectivity index (χ4v) is 3.50. The molecule has 0 aliphatic carbocycles. The van der Waals surface area contributed by atoms with Gasteiger partial charge in [0.05, 0.1) is 10.9 Å². The molecule has 0 aliphatic heterocycles. The Morgan fingerprint density at radius 1 is 1.10 bits per heavy atom. The predicted molar refractivity (Wildman–Crippen MR) is 104 cm³/mol. The van der Waals surface area contributed by atoms with Crippen molar-refractivity contribution >= 4 is 39.2 Å². The minimum atomic E-state index is -2.20. The smallest absolute Gasteiger partial charge is 0.258 e. The molecule has 0 aliphatic rings. The van der Waals surface area contributed by atoms with Crippen LogP contribution in [0.1, 0.15) is 17.0 Å². The molecule has 0 bridgehead atoms. The Kier molecular flexibility index (Phi) is 6.18. The molecule has 29 heavy (non-hydrogen) atoms. The third-order valence-electron chi connectivity index (χ3n) is 3.97. The Bertz CT molecular complexity index is 1150. The first kappa shape index (κ1) is 21.2. The molecule has 0 amide bonds. The molecule has 1 heterocycles. The van der Waals surface area contributed by atoms with E-state index in [2.05, 4.69) is 15.3 Å². The number of hydrogen-bond acceptors (Lipinski definition) is 4. The molecule has 0 unspecified atom stereocenters. The minimum absolute atomic E-state index is 0.0879. The van der Waals surface area contributed by atoms with Crippen molar-refractivity contribution in [3.63, 3.8) is 0 Å². The van der Waals surface area contributed by atoms with Crippen LogP contribution in [0.5, 0.6) is 0 Å². The first-order valence-electron chi connectivity index (χ1n) is 8.09. The zero-order valence-corrected chi connectivity index (χ0v) is 16.3. The molecule has 0 radical (unpaired) electrons. The number of aryl methyl sites for hydroxylation is 1. The number of rotatable bonds is 4. The van der Waals surface area contributed by atoms with E-state index < -0.39 is 40.4 Å². The van der Waals surface area contributed by atoms with Crippen molar-refractivity contribution in [2.75, 3.05) is 0 Å². The highest BCUT2D eigenvalue weighted by atomic mass is 32.2. The quantitative estimate of drug-likeness (QED) is 0.272. The molecule has 0 saturated carbocycles. The third-order valence-corrected chi connectivity index (χ3v) is 5.31. The molecule has 3 rings (SSSR count). The second kappa shape index (κ2) is 8.46. The molecular weight excluding hydrogens is 433 g/mol. The molecule has 0 atom stereocenters. The van der Waals surface area contributed by atoms with Crippen molar-refractivity contribution in [3.8, 4) is 0 Å². The number of thiocarbonyl (C=S) groups is 1. The highest BCUT2D eigenvalue weighted by Gasteiger charge is 2.25. The van der Waals surface area contributed by atoms with Crippen LogP contribution in [0.15, 0.2) is 23.0 Å². The van der Waals surface area contributed by atoms with Crippen molar-refractivity contribution < 1.29 is 22.0 Å². The first-order chi connectivity index (χ1) is 13.7. The molecule has 2 aromatic carbocycles. The summed E-state index contributed by atoms with van der Waals surface area (Å²) in [5.41, 5.74) is -0.0297. The van der Waals surface area contributed by atoms with E-state index in [9.17, 15) is 26.7 Å². The maximum absolute atomic E-state index is 13.7. The van der Waals surface area contributed by atoms with Gasteiger partial charge in [0, 0.05) is 17.9 Å². The van der Waals surface area contributed by atoms with E-state index in [-0.39, 0.29) is 16.4 Å². The van der Waals surface area contributed by atoms with E-state index in [1.807, 2.05) is 0 Å². The maximum Gasteiger partial charge on any atom is 0.258 e. The molecule has 2 N–H and O–H groups in total. The van der Waals surface area contributed by atoms with Crippen LogP contribution < -0.4 is 10.9 Å². The average Bonchev–Trinajstić information content (AvgIpc) is 2.69. The van der Waals surface area contributed by atoms with Crippen molar-refractivity contribution in [2.24, 2.45) is 0 Å². The highest BCUT2D eigenvalue weighted by Crippen LogP contribution is 2.26. The highest BCUT2D eigenvalue weighted by molar-refractivity contribution is 8.22. The van der Waals surface area contributed by atoms with Crippen molar-refractivity contribution in [3.05, 3.63) is 74.6 Å². The number of benzene rings is 2. The number of hydrogen-bond donors (Lipinski definition) is 2. The number of aromatic nitrogens is 2. The second-order valence-electron chi connectivity index (χ2n) is 5.98. The molecule has 3 aromatic rings. The van der Waals surface area contributed by atoms with Gasteiger partial charge in [-0.1, -0.05) is 30.0 Å². The van der Waals surface area contributed by atoms with Crippen LogP contribution in [-0.2, 0) is 12.3 Å². The van der Waals surface area contributed by atoms with Crippen LogP contribution in [0.4, 0.5) is 22.0 Å². The van der Waals surface area contributed by atoms with Crippen molar-refractivity contribution in [1.29, 1.82) is 0 Å². The van der Waals surface area contributed by atoms with E-state index in [0.29, 0.717) is 34.1 Å². The van der Waals surface area contributed by atoms with Gasteiger partial charge < -0.3 is 10.3 Å². The zero-order chi connectivity index (χ0) is 21.3. The van der Waals surface area contributed by atoms with Crippen molar-refractivity contribution in [2.45, 2.75) is 19.2 Å². The van der Waals surface area contributed by atoms with E-state index in [0.717, 1.165) is 0 Å². The van der Waals surface area contributed by atoms with E-state index in [1.54, 1.807) is 25.1 Å². The van der Waals surface area contributed by atoms with Gasteiger partial charge >= 0.3 is 0 Å². The zero-order valence-electron chi connectivity index (χ0n) is 14.7. The Morgan fingerprint density at radius 2 is 1.72 bits per heavy atom. The monoisotopic (exact) mass is 445 g/mol. The third kappa shape index (κ3) is 4.40. The molecule has 152 valence electrons. The lowest BCUT2D eigenvalue weighted by atomic mass is 10.1. The van der Waals surface area contributed by atoms with Crippen molar-refractivity contribution in [1.82, 2.24) is 15.3 Å². The van der Waals surface area contributed by atoms with Crippen LogP contribution >= 0.6 is 24.0 Å². The van der Waals surface area contributed by atoms with E-state index >= 15 is 0 Å². The SMILES string of the molecule is Cc1nc2ccc(CNC(=S)SCc3c(F)c(F)c(F)c(F)c3F)cc2c(=O)[nH]1. The molecular formula is C18H12F5N3OS2. The van der Waals surface area contributed by atoms with Gasteiger partial charge in [-0.05, 0) is 24.6 Å². The Labute approximate surface area is 170 Å². The Hall–Kier alpha value is -2.53. The average molecular weight is 445 g/mol. The van der Waals surface area contributed by atoms with Crippen LogP contribution in [0.3, 0.4) is 0 Å². The topological polar surface area (TPSA) is 57.8 Å². The summed E-state index contributed by atoms with van der Waals surface area (Å²) in [4.78, 5) is 18.8. The van der Waals surface area contributed by atoms with Crippen LogP contribution in [0, 0.1) is 36.0 Å². The number of fused-ring (bicyclic) bond motifs is 1. The van der Waals surface area contributed by atoms with Gasteiger partial charge in [-0.2, -0.15) is 0 Å². The summed E-state index contributed by atoms with van der Waals surface area (Å²) in [5, 5.41) is 3.18. The normalized spacial score (nSPS) is 11.1. The molecule has 0 fully saturated rings. The molecule has 4 nitrogen and oxygen atoms in total.